The molecule has 1 aromatic rings. The number of carboxylic acid groups (broad SMARTS) is 1. The predicted octanol–water partition coefficient (Wildman–Crippen LogP) is 0.897. The summed E-state index contributed by atoms with van der Waals surface area (Å²) in [6, 6.07) is 3.02. The van der Waals surface area contributed by atoms with Gasteiger partial charge in [0.15, 0.2) is 0 Å². The van der Waals surface area contributed by atoms with Crippen molar-refractivity contribution in [3.8, 4) is 0 Å². The summed E-state index contributed by atoms with van der Waals surface area (Å²) in [5.41, 5.74) is -0.435. The summed E-state index contributed by atoms with van der Waals surface area (Å²) in [6.07, 6.45) is 0.696. The summed E-state index contributed by atoms with van der Waals surface area (Å²) in [7, 11) is -3.27. The second-order valence-corrected chi connectivity index (χ2v) is 6.19. The molecule has 0 aliphatic rings. The first-order valence-electron chi connectivity index (χ1n) is 5.19. The van der Waals surface area contributed by atoms with Crippen LogP contribution in [0.5, 0.6) is 0 Å². The molecule has 0 fully saturated rings. The fourth-order valence-corrected chi connectivity index (χ4v) is 1.80. The van der Waals surface area contributed by atoms with Crippen molar-refractivity contribution in [3.63, 3.8) is 0 Å². The molecule has 1 rings (SSSR count). The zero-order valence-electron chi connectivity index (χ0n) is 10.0. The summed E-state index contributed by atoms with van der Waals surface area (Å²) < 4.78 is 35.2. The van der Waals surface area contributed by atoms with E-state index in [0.29, 0.717) is 0 Å². The second kappa shape index (κ2) is 5.79. The molecule has 2 N–H and O–H groups in total. The molecule has 0 radical (unpaired) electrons. The number of amides is 1. The quantitative estimate of drug-likeness (QED) is 0.838. The average molecular weight is 289 g/mol. The number of anilines is 1. The van der Waals surface area contributed by atoms with Gasteiger partial charge in [0.1, 0.15) is 15.7 Å². The number of halogens is 1. The lowest BCUT2D eigenvalue weighted by atomic mass is 10.2. The maximum absolute atomic E-state index is 13.4. The minimum absolute atomic E-state index is 0.191. The van der Waals surface area contributed by atoms with Crippen molar-refractivity contribution >= 4 is 27.4 Å². The molecule has 0 saturated carbocycles. The SMILES string of the molecule is CS(=O)(=O)CCC(=O)Nc1ccc(C(=O)O)cc1F. The Kier molecular flexibility index (Phi) is 4.60. The van der Waals surface area contributed by atoms with Gasteiger partial charge in [0.25, 0.3) is 0 Å². The van der Waals surface area contributed by atoms with Crippen molar-refractivity contribution in [2.24, 2.45) is 0 Å². The van der Waals surface area contributed by atoms with Crippen LogP contribution in [0.1, 0.15) is 16.8 Å². The predicted molar refractivity (Wildman–Crippen MR) is 66.3 cm³/mol. The van der Waals surface area contributed by atoms with Gasteiger partial charge in [0, 0.05) is 12.7 Å². The first kappa shape index (κ1) is 15.1. The van der Waals surface area contributed by atoms with Crippen LogP contribution in [-0.4, -0.2) is 37.4 Å². The normalized spacial score (nSPS) is 11.1. The highest BCUT2D eigenvalue weighted by Crippen LogP contribution is 2.16. The third-order valence-electron chi connectivity index (χ3n) is 2.19. The van der Waals surface area contributed by atoms with Crippen molar-refractivity contribution in [1.82, 2.24) is 0 Å². The van der Waals surface area contributed by atoms with Gasteiger partial charge in [-0.2, -0.15) is 0 Å². The molecule has 0 aromatic heterocycles. The van der Waals surface area contributed by atoms with E-state index >= 15 is 0 Å². The number of nitrogens with one attached hydrogen (secondary N) is 1. The summed E-state index contributed by atoms with van der Waals surface area (Å²) in [5.74, 6) is -3.18. The first-order chi connectivity index (χ1) is 8.69. The van der Waals surface area contributed by atoms with Gasteiger partial charge in [-0.15, -0.1) is 0 Å². The van der Waals surface area contributed by atoms with Crippen LogP contribution < -0.4 is 5.32 Å². The monoisotopic (exact) mass is 289 g/mol. The smallest absolute Gasteiger partial charge is 0.335 e. The number of hydrogen-bond acceptors (Lipinski definition) is 4. The molecule has 0 aliphatic carbocycles. The van der Waals surface area contributed by atoms with Crippen molar-refractivity contribution in [2.45, 2.75) is 6.42 Å². The van der Waals surface area contributed by atoms with Crippen molar-refractivity contribution in [2.75, 3.05) is 17.3 Å². The average Bonchev–Trinajstić information content (AvgIpc) is 2.28. The van der Waals surface area contributed by atoms with E-state index in [9.17, 15) is 22.4 Å². The summed E-state index contributed by atoms with van der Waals surface area (Å²) in [6.45, 7) is 0. The third kappa shape index (κ3) is 5.04. The van der Waals surface area contributed by atoms with Gasteiger partial charge in [-0.3, -0.25) is 4.79 Å². The molecule has 0 unspecified atom stereocenters. The van der Waals surface area contributed by atoms with Crippen molar-refractivity contribution < 1.29 is 27.5 Å². The zero-order valence-corrected chi connectivity index (χ0v) is 10.8. The highest BCUT2D eigenvalue weighted by Gasteiger charge is 2.12. The lowest BCUT2D eigenvalue weighted by Gasteiger charge is -2.06. The molecular weight excluding hydrogens is 277 g/mol. The number of aromatic carboxylic acids is 1. The molecule has 0 bridgehead atoms. The fourth-order valence-electron chi connectivity index (χ4n) is 1.24. The number of carbonyl (C=O) groups is 2. The molecule has 0 atom stereocenters. The second-order valence-electron chi connectivity index (χ2n) is 3.93. The lowest BCUT2D eigenvalue weighted by Crippen LogP contribution is -2.17. The molecule has 6 nitrogen and oxygen atoms in total. The van der Waals surface area contributed by atoms with Gasteiger partial charge in [-0.05, 0) is 18.2 Å². The van der Waals surface area contributed by atoms with Crippen LogP contribution in [-0.2, 0) is 14.6 Å². The van der Waals surface area contributed by atoms with Crippen molar-refractivity contribution in [3.05, 3.63) is 29.6 Å². The van der Waals surface area contributed by atoms with Gasteiger partial charge in [-0.1, -0.05) is 0 Å². The maximum atomic E-state index is 13.4. The molecule has 0 saturated heterocycles. The Hall–Kier alpha value is -1.96. The van der Waals surface area contributed by atoms with E-state index in [1.165, 1.54) is 0 Å². The molecule has 0 spiro atoms. The largest absolute Gasteiger partial charge is 0.478 e. The fraction of sp³-hybridized carbons (Fsp3) is 0.273. The Morgan fingerprint density at radius 2 is 2.00 bits per heavy atom. The third-order valence-corrected chi connectivity index (χ3v) is 3.14. The minimum Gasteiger partial charge on any atom is -0.478 e. The standard InChI is InChI=1S/C11H12FNO5S/c1-19(17,18)5-4-10(14)13-9-3-2-7(11(15)16)6-8(9)12/h2-3,6H,4-5H2,1H3,(H,13,14)(H,15,16). The van der Waals surface area contributed by atoms with Gasteiger partial charge >= 0.3 is 5.97 Å². The van der Waals surface area contributed by atoms with E-state index in [1.807, 2.05) is 0 Å². The molecule has 0 heterocycles. The van der Waals surface area contributed by atoms with E-state index in [1.54, 1.807) is 0 Å². The topological polar surface area (TPSA) is 101 Å². The van der Waals surface area contributed by atoms with Crippen molar-refractivity contribution in [1.29, 1.82) is 0 Å². The number of sulfone groups is 1. The van der Waals surface area contributed by atoms with E-state index in [-0.39, 0.29) is 23.4 Å². The van der Waals surface area contributed by atoms with Crippen LogP contribution in [0.3, 0.4) is 0 Å². The van der Waals surface area contributed by atoms with Crippen LogP contribution in [0.25, 0.3) is 0 Å². The molecule has 8 heteroatoms. The molecule has 19 heavy (non-hydrogen) atoms. The highest BCUT2D eigenvalue weighted by molar-refractivity contribution is 7.90. The van der Waals surface area contributed by atoms with E-state index < -0.39 is 27.5 Å². The molecule has 1 aromatic carbocycles. The summed E-state index contributed by atoms with van der Waals surface area (Å²) >= 11 is 0. The Morgan fingerprint density at radius 3 is 2.47 bits per heavy atom. The van der Waals surface area contributed by atoms with E-state index in [4.69, 9.17) is 5.11 Å². The van der Waals surface area contributed by atoms with Gasteiger partial charge in [0.2, 0.25) is 5.91 Å². The zero-order chi connectivity index (χ0) is 14.6. The first-order valence-corrected chi connectivity index (χ1v) is 7.25. The highest BCUT2D eigenvalue weighted by atomic mass is 32.2. The number of carboxylic acids is 1. The number of rotatable bonds is 5. The Balaban J connectivity index is 2.72. The molecule has 0 aliphatic heterocycles. The van der Waals surface area contributed by atoms with Gasteiger partial charge in [-0.25, -0.2) is 17.6 Å². The van der Waals surface area contributed by atoms with Crippen LogP contribution >= 0.6 is 0 Å². The summed E-state index contributed by atoms with van der Waals surface area (Å²) in [4.78, 5) is 22.0. The van der Waals surface area contributed by atoms with E-state index in [0.717, 1.165) is 24.5 Å². The Bertz CT molecular complexity index is 612. The molecule has 104 valence electrons. The maximum Gasteiger partial charge on any atom is 0.335 e. The van der Waals surface area contributed by atoms with Crippen LogP contribution in [0.2, 0.25) is 0 Å². The van der Waals surface area contributed by atoms with E-state index in [2.05, 4.69) is 5.32 Å². The van der Waals surface area contributed by atoms with Crippen LogP contribution in [0.15, 0.2) is 18.2 Å². The summed E-state index contributed by atoms with van der Waals surface area (Å²) in [5, 5.41) is 10.8. The number of carbonyl (C=O) groups excluding carboxylic acids is 1. The van der Waals surface area contributed by atoms with Gasteiger partial charge < -0.3 is 10.4 Å². The minimum atomic E-state index is -3.27. The number of hydrogen-bond donors (Lipinski definition) is 2. The number of benzene rings is 1. The van der Waals surface area contributed by atoms with Crippen LogP contribution in [0, 0.1) is 5.82 Å². The van der Waals surface area contributed by atoms with Gasteiger partial charge in [0.05, 0.1) is 17.0 Å². The molecule has 1 amide bonds. The Morgan fingerprint density at radius 1 is 1.37 bits per heavy atom. The molecular formula is C11H12FNO5S. The lowest BCUT2D eigenvalue weighted by molar-refractivity contribution is -0.115. The van der Waals surface area contributed by atoms with Crippen LogP contribution in [0.4, 0.5) is 10.1 Å². The Labute approximate surface area is 109 Å².